The van der Waals surface area contributed by atoms with E-state index in [1.54, 1.807) is 44.3 Å². The fourth-order valence-electron chi connectivity index (χ4n) is 4.29. The lowest BCUT2D eigenvalue weighted by atomic mass is 9.95. The maximum Gasteiger partial charge on any atom is 0.341 e. The first-order valence-corrected chi connectivity index (χ1v) is 14.0. The summed E-state index contributed by atoms with van der Waals surface area (Å²) in [6, 6.07) is 14.4. The summed E-state index contributed by atoms with van der Waals surface area (Å²) in [5.41, 5.74) is 6.47. The zero-order valence-corrected chi connectivity index (χ0v) is 23.2. The average molecular weight is 548 g/mol. The Bertz CT molecular complexity index is 1350. The van der Waals surface area contributed by atoms with Gasteiger partial charge < -0.3 is 14.8 Å². The number of nitrogens with zero attached hydrogens (tertiary/aromatic N) is 1. The molecule has 1 aliphatic rings. The zero-order valence-electron chi connectivity index (χ0n) is 22.4. The molecule has 204 valence electrons. The monoisotopic (exact) mass is 547 g/mol. The van der Waals surface area contributed by atoms with Crippen molar-refractivity contribution < 1.29 is 23.9 Å². The van der Waals surface area contributed by atoms with Crippen molar-refractivity contribution in [3.05, 3.63) is 81.2 Å². The lowest BCUT2D eigenvalue weighted by Gasteiger charge is -2.13. The third-order valence-corrected chi connectivity index (χ3v) is 7.66. The van der Waals surface area contributed by atoms with Crippen LogP contribution in [-0.2, 0) is 28.8 Å². The van der Waals surface area contributed by atoms with Crippen LogP contribution in [0.15, 0.2) is 53.6 Å². The van der Waals surface area contributed by atoms with Crippen LogP contribution in [0.3, 0.4) is 0 Å². The number of hydrogen-bond acceptors (Lipinski definition) is 7. The molecule has 0 radical (unpaired) electrons. The van der Waals surface area contributed by atoms with Gasteiger partial charge in [-0.3, -0.25) is 9.59 Å². The third kappa shape index (κ3) is 7.11. The van der Waals surface area contributed by atoms with Gasteiger partial charge in [0.05, 0.1) is 18.4 Å². The quantitative estimate of drug-likeness (QED) is 0.197. The number of ether oxygens (including phenoxy) is 2. The number of thiophene rings is 1. The van der Waals surface area contributed by atoms with Crippen LogP contribution in [0.25, 0.3) is 0 Å². The average Bonchev–Trinajstić information content (AvgIpc) is 3.31. The van der Waals surface area contributed by atoms with E-state index in [0.29, 0.717) is 21.9 Å². The number of aryl methyl sites for hydroxylation is 2. The zero-order chi connectivity index (χ0) is 27.8. The lowest BCUT2D eigenvalue weighted by molar-refractivity contribution is -0.127. The Morgan fingerprint density at radius 2 is 1.74 bits per heavy atom. The molecule has 0 saturated heterocycles. The molecule has 3 aromatic rings. The number of hydrazone groups is 1. The van der Waals surface area contributed by atoms with E-state index in [1.807, 2.05) is 24.3 Å². The number of carbonyl (C=O) groups excluding carboxylic acids is 3. The highest BCUT2D eigenvalue weighted by molar-refractivity contribution is 7.17. The second-order valence-corrected chi connectivity index (χ2v) is 10.3. The van der Waals surface area contributed by atoms with Crippen molar-refractivity contribution in [3.63, 3.8) is 0 Å². The van der Waals surface area contributed by atoms with Crippen LogP contribution in [0.2, 0.25) is 0 Å². The van der Waals surface area contributed by atoms with Crippen LogP contribution in [0.4, 0.5) is 5.00 Å². The number of benzene rings is 2. The number of anilines is 1. The number of rotatable bonds is 10. The minimum absolute atomic E-state index is 0.272. The molecular weight excluding hydrogens is 514 g/mol. The molecule has 0 saturated carbocycles. The van der Waals surface area contributed by atoms with E-state index in [-0.39, 0.29) is 12.5 Å². The van der Waals surface area contributed by atoms with Gasteiger partial charge in [-0.25, -0.2) is 10.2 Å². The van der Waals surface area contributed by atoms with Crippen molar-refractivity contribution in [3.8, 4) is 5.75 Å². The van der Waals surface area contributed by atoms with Crippen LogP contribution in [0.1, 0.15) is 75.9 Å². The van der Waals surface area contributed by atoms with Crippen molar-refractivity contribution >= 4 is 40.3 Å². The molecular formula is C30H33N3O5S. The molecule has 1 aromatic heterocycles. The largest absolute Gasteiger partial charge is 0.481 e. The Balaban J connectivity index is 1.35. The summed E-state index contributed by atoms with van der Waals surface area (Å²) in [5, 5.41) is 7.43. The Morgan fingerprint density at radius 3 is 2.44 bits per heavy atom. The van der Waals surface area contributed by atoms with Crippen molar-refractivity contribution in [2.45, 2.75) is 59.0 Å². The Labute approximate surface area is 232 Å². The lowest BCUT2D eigenvalue weighted by Crippen LogP contribution is -2.33. The Kier molecular flexibility index (Phi) is 9.49. The summed E-state index contributed by atoms with van der Waals surface area (Å²) < 4.78 is 11.0. The minimum Gasteiger partial charge on any atom is -0.481 e. The molecule has 1 aliphatic carbocycles. The van der Waals surface area contributed by atoms with Gasteiger partial charge in [0, 0.05) is 10.4 Å². The molecule has 4 rings (SSSR count). The van der Waals surface area contributed by atoms with E-state index < -0.39 is 18.0 Å². The molecule has 8 nitrogen and oxygen atoms in total. The molecule has 0 aliphatic heterocycles. The van der Waals surface area contributed by atoms with E-state index in [0.717, 1.165) is 48.1 Å². The van der Waals surface area contributed by atoms with Crippen molar-refractivity contribution in [1.29, 1.82) is 0 Å². The molecule has 0 spiro atoms. The summed E-state index contributed by atoms with van der Waals surface area (Å²) in [7, 11) is 0. The summed E-state index contributed by atoms with van der Waals surface area (Å²) in [5.74, 6) is -0.696. The molecule has 0 bridgehead atoms. The highest BCUT2D eigenvalue weighted by Gasteiger charge is 2.27. The van der Waals surface area contributed by atoms with Gasteiger partial charge in [-0.2, -0.15) is 5.10 Å². The fraction of sp³-hybridized carbons (Fsp3) is 0.333. The topological polar surface area (TPSA) is 106 Å². The Morgan fingerprint density at radius 1 is 1.03 bits per heavy atom. The van der Waals surface area contributed by atoms with Gasteiger partial charge in [-0.15, -0.1) is 11.3 Å². The van der Waals surface area contributed by atoms with Crippen molar-refractivity contribution in [2.75, 3.05) is 11.9 Å². The molecule has 2 aromatic carbocycles. The molecule has 39 heavy (non-hydrogen) atoms. The van der Waals surface area contributed by atoms with E-state index in [9.17, 15) is 14.4 Å². The van der Waals surface area contributed by atoms with Gasteiger partial charge in [0.15, 0.2) is 6.10 Å². The highest BCUT2D eigenvalue weighted by atomic mass is 32.1. The highest BCUT2D eigenvalue weighted by Crippen LogP contribution is 2.38. The summed E-state index contributed by atoms with van der Waals surface area (Å²) in [6.07, 6.45) is 5.54. The standard InChI is InChI=1S/C30H33N3O5S/c1-4-20-10-12-21(13-11-20)18-31-33-27(34)19(3)38-23-16-14-22(15-17-23)28(35)32-29-26(30(36)37-5-2)24-8-6-7-9-25(24)39-29/h10-19H,4-9H2,1-3H3,(H,32,35)(H,33,34)/b31-18-/t19-/m0/s1. The molecule has 2 N–H and O–H groups in total. The molecule has 9 heteroatoms. The molecule has 0 fully saturated rings. The third-order valence-electron chi connectivity index (χ3n) is 6.45. The number of esters is 1. The first kappa shape index (κ1) is 28.0. The predicted molar refractivity (Wildman–Crippen MR) is 153 cm³/mol. The number of nitrogens with one attached hydrogen (secondary N) is 2. The second kappa shape index (κ2) is 13.2. The molecule has 0 unspecified atom stereocenters. The summed E-state index contributed by atoms with van der Waals surface area (Å²) >= 11 is 1.45. The van der Waals surface area contributed by atoms with Crippen LogP contribution in [0, 0.1) is 0 Å². The first-order chi connectivity index (χ1) is 18.9. The minimum atomic E-state index is -0.797. The second-order valence-electron chi connectivity index (χ2n) is 9.20. The number of hydrogen-bond donors (Lipinski definition) is 2. The molecule has 2 amide bonds. The first-order valence-electron chi connectivity index (χ1n) is 13.2. The van der Waals surface area contributed by atoms with Crippen molar-refractivity contribution in [1.82, 2.24) is 5.43 Å². The van der Waals surface area contributed by atoms with Gasteiger partial charge in [0.2, 0.25) is 0 Å². The summed E-state index contributed by atoms with van der Waals surface area (Å²) in [4.78, 5) is 39.2. The number of amides is 2. The smallest absolute Gasteiger partial charge is 0.341 e. The normalized spacial score (nSPS) is 13.4. The van der Waals surface area contributed by atoms with Gasteiger partial charge in [-0.1, -0.05) is 31.2 Å². The van der Waals surface area contributed by atoms with Gasteiger partial charge in [0.1, 0.15) is 10.8 Å². The fourth-order valence-corrected chi connectivity index (χ4v) is 5.56. The van der Waals surface area contributed by atoms with Gasteiger partial charge in [-0.05, 0) is 86.9 Å². The van der Waals surface area contributed by atoms with E-state index >= 15 is 0 Å². The summed E-state index contributed by atoms with van der Waals surface area (Å²) in [6.45, 7) is 5.75. The SMILES string of the molecule is CCOC(=O)c1c(NC(=O)c2ccc(O[C@@H](C)C(=O)N/N=C\c3ccc(CC)cc3)cc2)sc2c1CCCC2. The molecule has 1 atom stereocenters. The number of carbonyl (C=O) groups is 3. The van der Waals surface area contributed by atoms with Crippen LogP contribution in [-0.4, -0.2) is 36.7 Å². The van der Waals surface area contributed by atoms with E-state index in [2.05, 4.69) is 22.8 Å². The van der Waals surface area contributed by atoms with Gasteiger partial charge >= 0.3 is 5.97 Å². The van der Waals surface area contributed by atoms with E-state index in [4.69, 9.17) is 9.47 Å². The number of fused-ring (bicyclic) bond motifs is 1. The van der Waals surface area contributed by atoms with Gasteiger partial charge in [0.25, 0.3) is 11.8 Å². The van der Waals surface area contributed by atoms with Crippen LogP contribution in [0.5, 0.6) is 5.75 Å². The molecule has 1 heterocycles. The Hall–Kier alpha value is -3.98. The van der Waals surface area contributed by atoms with E-state index in [1.165, 1.54) is 16.9 Å². The van der Waals surface area contributed by atoms with Crippen LogP contribution >= 0.6 is 11.3 Å². The van der Waals surface area contributed by atoms with Crippen LogP contribution < -0.4 is 15.5 Å². The predicted octanol–water partition coefficient (Wildman–Crippen LogP) is 5.54. The van der Waals surface area contributed by atoms with Crippen molar-refractivity contribution in [2.24, 2.45) is 5.10 Å². The maximum absolute atomic E-state index is 13.0. The maximum atomic E-state index is 13.0.